The zero-order valence-electron chi connectivity index (χ0n) is 12.7. The molecule has 0 aliphatic carbocycles. The van der Waals surface area contributed by atoms with Crippen molar-refractivity contribution in [2.75, 3.05) is 14.2 Å². The fourth-order valence-corrected chi connectivity index (χ4v) is 2.45. The van der Waals surface area contributed by atoms with Crippen LogP contribution in [-0.2, 0) is 16.0 Å². The average molecular weight is 306 g/mol. The van der Waals surface area contributed by atoms with E-state index in [1.165, 1.54) is 7.11 Å². The van der Waals surface area contributed by atoms with Crippen LogP contribution in [0.1, 0.15) is 18.9 Å². The number of ether oxygens (including phenoxy) is 2. The van der Waals surface area contributed by atoms with E-state index >= 15 is 0 Å². The van der Waals surface area contributed by atoms with Gasteiger partial charge in [-0.1, -0.05) is 6.07 Å². The minimum atomic E-state index is -0.672. The number of amides is 4. The molecule has 7 nitrogen and oxygen atoms in total. The SMILES string of the molecule is COc1ccc(C[C@@H](C)N2C(=O)CC(=O)NC2=O)cc1OC. The lowest BCUT2D eigenvalue weighted by atomic mass is 10.0. The van der Waals surface area contributed by atoms with Crippen molar-refractivity contribution >= 4 is 17.8 Å². The van der Waals surface area contributed by atoms with Crippen molar-refractivity contribution in [1.82, 2.24) is 10.2 Å². The van der Waals surface area contributed by atoms with Gasteiger partial charge in [-0.15, -0.1) is 0 Å². The van der Waals surface area contributed by atoms with Gasteiger partial charge in [0.1, 0.15) is 6.42 Å². The van der Waals surface area contributed by atoms with Crippen LogP contribution in [0, 0.1) is 0 Å². The third-order valence-electron chi connectivity index (χ3n) is 3.47. The Labute approximate surface area is 128 Å². The molecule has 0 unspecified atom stereocenters. The van der Waals surface area contributed by atoms with E-state index in [9.17, 15) is 14.4 Å². The van der Waals surface area contributed by atoms with Gasteiger partial charge in [-0.2, -0.15) is 0 Å². The first-order valence-electron chi connectivity index (χ1n) is 6.83. The first-order valence-corrected chi connectivity index (χ1v) is 6.83. The average Bonchev–Trinajstić information content (AvgIpc) is 2.45. The second-order valence-corrected chi connectivity index (χ2v) is 5.04. The highest BCUT2D eigenvalue weighted by molar-refractivity contribution is 6.14. The van der Waals surface area contributed by atoms with Crippen molar-refractivity contribution < 1.29 is 23.9 Å². The molecule has 1 aromatic carbocycles. The number of barbiturate groups is 1. The molecule has 4 amide bonds. The van der Waals surface area contributed by atoms with Gasteiger partial charge < -0.3 is 9.47 Å². The highest BCUT2D eigenvalue weighted by Crippen LogP contribution is 2.28. The smallest absolute Gasteiger partial charge is 0.331 e. The van der Waals surface area contributed by atoms with E-state index in [-0.39, 0.29) is 12.5 Å². The van der Waals surface area contributed by atoms with Crippen LogP contribution in [0.15, 0.2) is 18.2 Å². The van der Waals surface area contributed by atoms with Gasteiger partial charge in [0.25, 0.3) is 0 Å². The van der Waals surface area contributed by atoms with Gasteiger partial charge in [0.05, 0.1) is 14.2 Å². The Morgan fingerprint density at radius 1 is 1.18 bits per heavy atom. The maximum absolute atomic E-state index is 11.9. The molecule has 118 valence electrons. The molecule has 0 saturated carbocycles. The van der Waals surface area contributed by atoms with Crippen molar-refractivity contribution in [2.24, 2.45) is 0 Å². The van der Waals surface area contributed by atoms with Crippen LogP contribution in [0.4, 0.5) is 4.79 Å². The van der Waals surface area contributed by atoms with Gasteiger partial charge in [0.2, 0.25) is 11.8 Å². The number of carbonyl (C=O) groups excluding carboxylic acids is 3. The Bertz CT molecular complexity index is 594. The summed E-state index contributed by atoms with van der Waals surface area (Å²) >= 11 is 0. The molecule has 1 saturated heterocycles. The van der Waals surface area contributed by atoms with Crippen LogP contribution in [0.3, 0.4) is 0 Å². The Morgan fingerprint density at radius 2 is 1.86 bits per heavy atom. The van der Waals surface area contributed by atoms with Crippen LogP contribution in [0.25, 0.3) is 0 Å². The maximum atomic E-state index is 11.9. The van der Waals surface area contributed by atoms with E-state index in [0.29, 0.717) is 17.9 Å². The minimum Gasteiger partial charge on any atom is -0.493 e. The lowest BCUT2D eigenvalue weighted by Crippen LogP contribution is -2.56. The fourth-order valence-electron chi connectivity index (χ4n) is 2.45. The van der Waals surface area contributed by atoms with Crippen molar-refractivity contribution in [3.8, 4) is 11.5 Å². The molecule has 0 spiro atoms. The number of urea groups is 1. The van der Waals surface area contributed by atoms with Crippen LogP contribution >= 0.6 is 0 Å². The Kier molecular flexibility index (Phi) is 4.65. The summed E-state index contributed by atoms with van der Waals surface area (Å²) in [5.41, 5.74) is 0.891. The summed E-state index contributed by atoms with van der Waals surface area (Å²) in [6, 6.07) is 4.36. The number of rotatable bonds is 5. The summed E-state index contributed by atoms with van der Waals surface area (Å²) in [7, 11) is 3.09. The normalized spacial score (nSPS) is 16.3. The maximum Gasteiger partial charge on any atom is 0.331 e. The van der Waals surface area contributed by atoms with Gasteiger partial charge in [-0.3, -0.25) is 19.8 Å². The minimum absolute atomic E-state index is 0.304. The summed E-state index contributed by atoms with van der Waals surface area (Å²) in [5.74, 6) is 0.138. The monoisotopic (exact) mass is 306 g/mol. The largest absolute Gasteiger partial charge is 0.493 e. The molecule has 1 heterocycles. The number of benzene rings is 1. The molecule has 0 aromatic heterocycles. The number of carbonyl (C=O) groups is 3. The number of nitrogens with zero attached hydrogens (tertiary/aromatic N) is 1. The van der Waals surface area contributed by atoms with E-state index in [1.807, 2.05) is 6.07 Å². The van der Waals surface area contributed by atoms with Gasteiger partial charge in [-0.05, 0) is 31.0 Å². The number of nitrogens with one attached hydrogen (secondary N) is 1. The zero-order chi connectivity index (χ0) is 16.3. The molecule has 2 rings (SSSR count). The van der Waals surface area contributed by atoms with Crippen molar-refractivity contribution in [1.29, 1.82) is 0 Å². The molecule has 1 aromatic rings. The molecule has 0 radical (unpaired) electrons. The second-order valence-electron chi connectivity index (χ2n) is 5.04. The van der Waals surface area contributed by atoms with E-state index in [0.717, 1.165) is 10.5 Å². The lowest BCUT2D eigenvalue weighted by molar-refractivity contribution is -0.137. The summed E-state index contributed by atoms with van der Waals surface area (Å²) in [6.07, 6.45) is 0.149. The van der Waals surface area contributed by atoms with Crippen molar-refractivity contribution in [3.05, 3.63) is 23.8 Å². The van der Waals surface area contributed by atoms with E-state index in [1.54, 1.807) is 26.2 Å². The Hall–Kier alpha value is -2.57. The zero-order valence-corrected chi connectivity index (χ0v) is 12.7. The molecular weight excluding hydrogens is 288 g/mol. The van der Waals surface area contributed by atoms with Crippen LogP contribution < -0.4 is 14.8 Å². The summed E-state index contributed by atoms with van der Waals surface area (Å²) < 4.78 is 10.4. The van der Waals surface area contributed by atoms with Crippen molar-refractivity contribution in [3.63, 3.8) is 0 Å². The van der Waals surface area contributed by atoms with Crippen LogP contribution in [0.2, 0.25) is 0 Å². The predicted octanol–water partition coefficient (Wildman–Crippen LogP) is 1.10. The predicted molar refractivity (Wildman–Crippen MR) is 77.7 cm³/mol. The highest BCUT2D eigenvalue weighted by atomic mass is 16.5. The first kappa shape index (κ1) is 15.8. The molecule has 1 aliphatic heterocycles. The number of hydrogen-bond acceptors (Lipinski definition) is 5. The standard InChI is InChI=1S/C15H18N2O5/c1-9(17-14(19)8-13(18)16-15(17)20)6-10-4-5-11(21-2)12(7-10)22-3/h4-5,7,9H,6,8H2,1-3H3,(H,16,18,20)/t9-/m1/s1. The number of hydrogen-bond donors (Lipinski definition) is 1. The molecule has 1 atom stereocenters. The van der Waals surface area contributed by atoms with E-state index in [4.69, 9.17) is 9.47 Å². The molecule has 1 fully saturated rings. The summed E-state index contributed by atoms with van der Waals surface area (Å²) in [6.45, 7) is 1.75. The molecule has 0 bridgehead atoms. The molecule has 22 heavy (non-hydrogen) atoms. The number of imide groups is 2. The fraction of sp³-hybridized carbons (Fsp3) is 0.400. The highest BCUT2D eigenvalue weighted by Gasteiger charge is 2.34. The number of methoxy groups -OCH3 is 2. The Balaban J connectivity index is 2.14. The van der Waals surface area contributed by atoms with Gasteiger partial charge in [0, 0.05) is 6.04 Å². The van der Waals surface area contributed by atoms with Crippen LogP contribution in [0.5, 0.6) is 11.5 Å². The van der Waals surface area contributed by atoms with E-state index < -0.39 is 17.8 Å². The topological polar surface area (TPSA) is 84.9 Å². The lowest BCUT2D eigenvalue weighted by Gasteiger charge is -2.30. The van der Waals surface area contributed by atoms with Gasteiger partial charge in [0.15, 0.2) is 11.5 Å². The molecule has 7 heteroatoms. The van der Waals surface area contributed by atoms with Crippen LogP contribution in [-0.4, -0.2) is 43.0 Å². The van der Waals surface area contributed by atoms with Gasteiger partial charge in [-0.25, -0.2) is 4.79 Å². The third-order valence-corrected chi connectivity index (χ3v) is 3.47. The van der Waals surface area contributed by atoms with Crippen molar-refractivity contribution in [2.45, 2.75) is 25.8 Å². The molecule has 1 aliphatic rings. The van der Waals surface area contributed by atoms with Gasteiger partial charge >= 0.3 is 6.03 Å². The molecular formula is C15H18N2O5. The second kappa shape index (κ2) is 6.46. The summed E-state index contributed by atoms with van der Waals surface area (Å²) in [5, 5.41) is 2.15. The molecule has 1 N–H and O–H groups in total. The van der Waals surface area contributed by atoms with E-state index in [2.05, 4.69) is 5.32 Å². The quantitative estimate of drug-likeness (QED) is 0.824. The Morgan fingerprint density at radius 3 is 2.45 bits per heavy atom. The third kappa shape index (κ3) is 3.19. The summed E-state index contributed by atoms with van der Waals surface area (Å²) in [4.78, 5) is 35.9. The first-order chi connectivity index (χ1) is 10.5.